The van der Waals surface area contributed by atoms with Gasteiger partial charge in [-0.1, -0.05) is 38.0 Å². The Morgan fingerprint density at radius 2 is 1.90 bits per heavy atom. The molecule has 2 nitrogen and oxygen atoms in total. The van der Waals surface area contributed by atoms with E-state index >= 15 is 0 Å². The van der Waals surface area contributed by atoms with Gasteiger partial charge in [0.2, 0.25) is 0 Å². The van der Waals surface area contributed by atoms with Gasteiger partial charge in [0.1, 0.15) is 0 Å². The Morgan fingerprint density at radius 1 is 1.19 bits per heavy atom. The third-order valence-electron chi connectivity index (χ3n) is 5.14. The van der Waals surface area contributed by atoms with Crippen LogP contribution in [-0.4, -0.2) is 25.3 Å². The smallest absolute Gasteiger partial charge is 0.0834 e. The van der Waals surface area contributed by atoms with Crippen LogP contribution in [0.25, 0.3) is 0 Å². The molecule has 2 rings (SSSR count). The van der Waals surface area contributed by atoms with E-state index in [1.807, 2.05) is 7.11 Å². The monoisotopic (exact) mass is 289 g/mol. The van der Waals surface area contributed by atoms with Crippen molar-refractivity contribution in [3.05, 3.63) is 34.9 Å². The Bertz CT molecular complexity index is 449. The zero-order chi connectivity index (χ0) is 15.3. The highest BCUT2D eigenvalue weighted by Crippen LogP contribution is 2.37. The quantitative estimate of drug-likeness (QED) is 0.813. The topological polar surface area (TPSA) is 21.3 Å². The van der Waals surface area contributed by atoms with Crippen LogP contribution in [0.15, 0.2) is 18.2 Å². The lowest BCUT2D eigenvalue weighted by Crippen LogP contribution is -2.52. The molecule has 0 aliphatic heterocycles. The van der Waals surface area contributed by atoms with Gasteiger partial charge >= 0.3 is 0 Å². The van der Waals surface area contributed by atoms with E-state index in [1.54, 1.807) is 0 Å². The average Bonchev–Trinajstić information content (AvgIpc) is 2.97. The number of benzene rings is 1. The summed E-state index contributed by atoms with van der Waals surface area (Å²) >= 11 is 0. The molecule has 0 heterocycles. The Hall–Kier alpha value is -0.860. The number of rotatable bonds is 7. The van der Waals surface area contributed by atoms with Crippen molar-refractivity contribution in [1.82, 2.24) is 5.32 Å². The van der Waals surface area contributed by atoms with Crippen molar-refractivity contribution in [2.24, 2.45) is 0 Å². The Labute approximate surface area is 130 Å². The Morgan fingerprint density at radius 3 is 2.48 bits per heavy atom. The fourth-order valence-corrected chi connectivity index (χ4v) is 3.60. The molecule has 0 bridgehead atoms. The maximum Gasteiger partial charge on any atom is 0.0834 e. The number of methoxy groups -OCH3 is 1. The van der Waals surface area contributed by atoms with Crippen LogP contribution in [-0.2, 0) is 11.2 Å². The summed E-state index contributed by atoms with van der Waals surface area (Å²) in [6.45, 7) is 7.68. The molecule has 0 spiro atoms. The molecular formula is C19H31NO. The van der Waals surface area contributed by atoms with Gasteiger partial charge in [-0.05, 0) is 62.8 Å². The van der Waals surface area contributed by atoms with Crippen molar-refractivity contribution in [3.63, 3.8) is 0 Å². The molecule has 0 saturated heterocycles. The molecule has 1 aromatic carbocycles. The molecule has 1 aliphatic rings. The first-order valence-corrected chi connectivity index (χ1v) is 8.46. The van der Waals surface area contributed by atoms with Gasteiger partial charge in [-0.3, -0.25) is 0 Å². The van der Waals surface area contributed by atoms with E-state index in [1.165, 1.54) is 48.8 Å². The fourth-order valence-electron chi connectivity index (χ4n) is 3.60. The van der Waals surface area contributed by atoms with Gasteiger partial charge in [0, 0.05) is 13.2 Å². The van der Waals surface area contributed by atoms with Crippen molar-refractivity contribution in [1.29, 1.82) is 0 Å². The van der Waals surface area contributed by atoms with Crippen LogP contribution in [0.4, 0.5) is 0 Å². The molecule has 1 atom stereocenters. The molecule has 2 heteroatoms. The van der Waals surface area contributed by atoms with Crippen LogP contribution in [0.1, 0.15) is 55.7 Å². The first-order valence-electron chi connectivity index (χ1n) is 8.46. The molecule has 1 unspecified atom stereocenters. The Kier molecular flexibility index (Phi) is 5.83. The standard InChI is InChI=1S/C19H31NO/c1-5-12-20-18(19(21-4)10-6-7-11-19)14-17-9-8-15(2)16(3)13-17/h8-9,13,18,20H,5-7,10-12,14H2,1-4H3. The van der Waals surface area contributed by atoms with Crippen LogP contribution in [0.5, 0.6) is 0 Å². The van der Waals surface area contributed by atoms with E-state index in [4.69, 9.17) is 4.74 Å². The highest BCUT2D eigenvalue weighted by molar-refractivity contribution is 5.30. The predicted molar refractivity (Wildman–Crippen MR) is 89.9 cm³/mol. The predicted octanol–water partition coefficient (Wildman–Crippen LogP) is 4.17. The van der Waals surface area contributed by atoms with E-state index in [-0.39, 0.29) is 5.60 Å². The van der Waals surface area contributed by atoms with Crippen molar-refractivity contribution in [2.75, 3.05) is 13.7 Å². The van der Waals surface area contributed by atoms with Crippen molar-refractivity contribution in [3.8, 4) is 0 Å². The van der Waals surface area contributed by atoms with E-state index in [0.717, 1.165) is 13.0 Å². The van der Waals surface area contributed by atoms with Crippen LogP contribution >= 0.6 is 0 Å². The number of aryl methyl sites for hydroxylation is 2. The van der Waals surface area contributed by atoms with Crippen LogP contribution in [0.2, 0.25) is 0 Å². The van der Waals surface area contributed by atoms with Gasteiger partial charge in [-0.25, -0.2) is 0 Å². The minimum atomic E-state index is 0.0357. The summed E-state index contributed by atoms with van der Waals surface area (Å²) < 4.78 is 6.02. The summed E-state index contributed by atoms with van der Waals surface area (Å²) in [7, 11) is 1.90. The van der Waals surface area contributed by atoms with Gasteiger partial charge in [-0.15, -0.1) is 0 Å². The third-order valence-corrected chi connectivity index (χ3v) is 5.14. The summed E-state index contributed by atoms with van der Waals surface area (Å²) in [5, 5.41) is 3.76. The largest absolute Gasteiger partial charge is 0.377 e. The second kappa shape index (κ2) is 7.42. The molecule has 0 amide bonds. The van der Waals surface area contributed by atoms with E-state index in [2.05, 4.69) is 44.3 Å². The summed E-state index contributed by atoms with van der Waals surface area (Å²) in [6, 6.07) is 7.29. The molecule has 1 N–H and O–H groups in total. The molecule has 1 saturated carbocycles. The van der Waals surface area contributed by atoms with Crippen LogP contribution < -0.4 is 5.32 Å². The van der Waals surface area contributed by atoms with E-state index in [9.17, 15) is 0 Å². The number of hydrogen-bond donors (Lipinski definition) is 1. The molecule has 1 fully saturated rings. The third kappa shape index (κ3) is 3.87. The molecule has 0 radical (unpaired) electrons. The molecular weight excluding hydrogens is 258 g/mol. The number of hydrogen-bond acceptors (Lipinski definition) is 2. The van der Waals surface area contributed by atoms with Crippen molar-refractivity contribution >= 4 is 0 Å². The summed E-state index contributed by atoms with van der Waals surface area (Å²) in [4.78, 5) is 0. The van der Waals surface area contributed by atoms with Gasteiger partial charge in [0.15, 0.2) is 0 Å². The molecule has 118 valence electrons. The van der Waals surface area contributed by atoms with E-state index in [0.29, 0.717) is 6.04 Å². The van der Waals surface area contributed by atoms with Crippen molar-refractivity contribution < 1.29 is 4.74 Å². The molecule has 21 heavy (non-hydrogen) atoms. The van der Waals surface area contributed by atoms with E-state index < -0.39 is 0 Å². The maximum absolute atomic E-state index is 6.02. The minimum absolute atomic E-state index is 0.0357. The van der Waals surface area contributed by atoms with Gasteiger partial charge < -0.3 is 10.1 Å². The molecule has 0 aromatic heterocycles. The van der Waals surface area contributed by atoms with Crippen LogP contribution in [0, 0.1) is 13.8 Å². The lowest BCUT2D eigenvalue weighted by atomic mass is 9.86. The lowest BCUT2D eigenvalue weighted by molar-refractivity contribution is -0.0354. The normalized spacial score (nSPS) is 18.9. The second-order valence-electron chi connectivity index (χ2n) is 6.61. The van der Waals surface area contributed by atoms with Crippen molar-refractivity contribution in [2.45, 2.75) is 70.9 Å². The van der Waals surface area contributed by atoms with Gasteiger partial charge in [-0.2, -0.15) is 0 Å². The fraction of sp³-hybridized carbons (Fsp3) is 0.684. The number of nitrogens with one attached hydrogen (secondary N) is 1. The summed E-state index contributed by atoms with van der Waals surface area (Å²) in [5.41, 5.74) is 4.22. The van der Waals surface area contributed by atoms with Gasteiger partial charge in [0.25, 0.3) is 0 Å². The number of ether oxygens (including phenoxy) is 1. The average molecular weight is 289 g/mol. The minimum Gasteiger partial charge on any atom is -0.377 e. The van der Waals surface area contributed by atoms with Crippen LogP contribution in [0.3, 0.4) is 0 Å². The van der Waals surface area contributed by atoms with Gasteiger partial charge in [0.05, 0.1) is 5.60 Å². The molecule has 1 aliphatic carbocycles. The lowest BCUT2D eigenvalue weighted by Gasteiger charge is -2.37. The first kappa shape index (κ1) is 16.5. The summed E-state index contributed by atoms with van der Waals surface area (Å²) in [6.07, 6.45) is 7.21. The molecule has 1 aromatic rings. The second-order valence-corrected chi connectivity index (χ2v) is 6.61. The maximum atomic E-state index is 6.02. The zero-order valence-electron chi connectivity index (χ0n) is 14.2. The first-order chi connectivity index (χ1) is 10.1. The highest BCUT2D eigenvalue weighted by Gasteiger charge is 2.41. The highest BCUT2D eigenvalue weighted by atomic mass is 16.5. The SMILES string of the molecule is CCCNC(Cc1ccc(C)c(C)c1)C1(OC)CCCC1. The zero-order valence-corrected chi connectivity index (χ0v) is 14.2. The Balaban J connectivity index is 2.17. The summed E-state index contributed by atoms with van der Waals surface area (Å²) in [5.74, 6) is 0.